The van der Waals surface area contributed by atoms with Gasteiger partial charge in [0.2, 0.25) is 5.91 Å². The van der Waals surface area contributed by atoms with Crippen LogP contribution in [0.25, 0.3) is 0 Å². The fourth-order valence-corrected chi connectivity index (χ4v) is 3.79. The maximum atomic E-state index is 11.5. The van der Waals surface area contributed by atoms with Gasteiger partial charge in [0, 0.05) is 41.0 Å². The Kier molecular flexibility index (Phi) is 9.77. The standard InChI is InChI=1S/C20H20ClN3OS.C2H2O4/c1-2-20(25)23-17-7-9-18(10-8-17)26-19(13-24-12-11-22-14-24)15-3-5-16(21)6-4-15;3-1(4)2(5)6/h3-12,14,19H,2,13H2,1H3,(H,23,25);(H,3,4)(H,5,6). The molecule has 0 spiro atoms. The summed E-state index contributed by atoms with van der Waals surface area (Å²) in [6.07, 6.45) is 6.05. The average Bonchev–Trinajstić information content (AvgIpc) is 3.28. The fourth-order valence-electron chi connectivity index (χ4n) is 2.50. The number of amides is 1. The molecule has 3 aromatic rings. The minimum Gasteiger partial charge on any atom is -0.473 e. The number of aromatic nitrogens is 2. The lowest BCUT2D eigenvalue weighted by molar-refractivity contribution is -0.159. The molecule has 32 heavy (non-hydrogen) atoms. The van der Waals surface area contributed by atoms with Crippen LogP contribution >= 0.6 is 23.4 Å². The van der Waals surface area contributed by atoms with E-state index in [2.05, 4.69) is 27.0 Å². The van der Waals surface area contributed by atoms with Gasteiger partial charge in [-0.15, -0.1) is 11.8 Å². The molecule has 1 unspecified atom stereocenters. The van der Waals surface area contributed by atoms with Crippen LogP contribution in [0.1, 0.15) is 24.2 Å². The molecule has 0 saturated carbocycles. The Bertz CT molecular complexity index is 1010. The van der Waals surface area contributed by atoms with Gasteiger partial charge in [0.25, 0.3) is 0 Å². The SMILES string of the molecule is CCC(=O)Nc1ccc(SC(Cn2ccnc2)c2ccc(Cl)cc2)cc1.O=C(O)C(=O)O. The molecule has 0 aliphatic rings. The van der Waals surface area contributed by atoms with Crippen LogP contribution in [0.2, 0.25) is 5.02 Å². The summed E-state index contributed by atoms with van der Waals surface area (Å²) in [5, 5.41) is 18.6. The van der Waals surface area contributed by atoms with Crippen molar-refractivity contribution in [2.75, 3.05) is 5.32 Å². The van der Waals surface area contributed by atoms with Crippen molar-refractivity contribution in [3.8, 4) is 0 Å². The maximum Gasteiger partial charge on any atom is 0.414 e. The van der Waals surface area contributed by atoms with Crippen LogP contribution in [-0.2, 0) is 20.9 Å². The van der Waals surface area contributed by atoms with E-state index in [1.54, 1.807) is 18.0 Å². The van der Waals surface area contributed by atoms with E-state index in [1.165, 1.54) is 5.56 Å². The number of carboxylic acids is 2. The summed E-state index contributed by atoms with van der Waals surface area (Å²) >= 11 is 7.81. The van der Waals surface area contributed by atoms with Gasteiger partial charge in [-0.25, -0.2) is 14.6 Å². The van der Waals surface area contributed by atoms with Crippen LogP contribution in [0.5, 0.6) is 0 Å². The Morgan fingerprint density at radius 1 is 1.06 bits per heavy atom. The van der Waals surface area contributed by atoms with E-state index in [9.17, 15) is 4.79 Å². The molecular weight excluding hydrogens is 454 g/mol. The van der Waals surface area contributed by atoms with E-state index < -0.39 is 11.9 Å². The van der Waals surface area contributed by atoms with Gasteiger partial charge < -0.3 is 20.1 Å². The van der Waals surface area contributed by atoms with E-state index in [1.807, 2.05) is 55.8 Å². The zero-order valence-electron chi connectivity index (χ0n) is 17.1. The molecule has 0 bridgehead atoms. The fraction of sp³-hybridized carbons (Fsp3) is 0.182. The second-order valence-corrected chi connectivity index (χ2v) is 8.17. The van der Waals surface area contributed by atoms with Crippen molar-refractivity contribution >= 4 is 46.9 Å². The van der Waals surface area contributed by atoms with Crippen LogP contribution in [-0.4, -0.2) is 37.6 Å². The van der Waals surface area contributed by atoms with Gasteiger partial charge in [0.1, 0.15) is 0 Å². The van der Waals surface area contributed by atoms with E-state index in [0.29, 0.717) is 6.42 Å². The molecule has 0 aliphatic heterocycles. The van der Waals surface area contributed by atoms with Crippen LogP contribution in [0, 0.1) is 0 Å². The lowest BCUT2D eigenvalue weighted by Gasteiger charge is -2.18. The number of anilines is 1. The average molecular weight is 476 g/mol. The van der Waals surface area contributed by atoms with Crippen molar-refractivity contribution in [3.63, 3.8) is 0 Å². The molecular formula is C22H22ClN3O5S. The number of imidazole rings is 1. The summed E-state index contributed by atoms with van der Waals surface area (Å²) in [6, 6.07) is 15.9. The number of rotatable bonds is 7. The number of nitrogens with one attached hydrogen (secondary N) is 1. The number of carbonyl (C=O) groups excluding carboxylic acids is 1. The molecule has 3 N–H and O–H groups in total. The number of halogens is 1. The number of nitrogens with zero attached hydrogens (tertiary/aromatic N) is 2. The summed E-state index contributed by atoms with van der Waals surface area (Å²) in [5.41, 5.74) is 2.02. The zero-order valence-corrected chi connectivity index (χ0v) is 18.7. The summed E-state index contributed by atoms with van der Waals surface area (Å²) in [5.74, 6) is -3.63. The van der Waals surface area contributed by atoms with Gasteiger partial charge in [-0.05, 0) is 42.0 Å². The quantitative estimate of drug-likeness (QED) is 0.338. The van der Waals surface area contributed by atoms with Gasteiger partial charge in [0.05, 0.1) is 11.6 Å². The summed E-state index contributed by atoms with van der Waals surface area (Å²) in [4.78, 5) is 35.0. The monoisotopic (exact) mass is 475 g/mol. The van der Waals surface area contributed by atoms with Gasteiger partial charge in [0.15, 0.2) is 0 Å². The number of thioether (sulfide) groups is 1. The lowest BCUT2D eigenvalue weighted by atomic mass is 10.1. The molecule has 8 nitrogen and oxygen atoms in total. The van der Waals surface area contributed by atoms with Crippen molar-refractivity contribution < 1.29 is 24.6 Å². The van der Waals surface area contributed by atoms with Crippen molar-refractivity contribution in [1.29, 1.82) is 0 Å². The third kappa shape index (κ3) is 8.44. The molecule has 1 amide bonds. The highest BCUT2D eigenvalue weighted by Crippen LogP contribution is 2.37. The largest absolute Gasteiger partial charge is 0.473 e. The molecule has 2 aromatic carbocycles. The highest BCUT2D eigenvalue weighted by molar-refractivity contribution is 7.99. The Labute approximate surface area is 194 Å². The molecule has 0 saturated heterocycles. The molecule has 168 valence electrons. The number of hydrogen-bond donors (Lipinski definition) is 3. The molecule has 0 radical (unpaired) electrons. The first-order chi connectivity index (χ1) is 15.3. The summed E-state index contributed by atoms with van der Waals surface area (Å²) in [7, 11) is 0. The highest BCUT2D eigenvalue weighted by atomic mass is 35.5. The Hall–Kier alpha value is -3.30. The second kappa shape index (κ2) is 12.5. The Balaban J connectivity index is 0.000000534. The second-order valence-electron chi connectivity index (χ2n) is 6.45. The minimum atomic E-state index is -1.82. The molecule has 0 fully saturated rings. The van der Waals surface area contributed by atoms with Crippen molar-refractivity contribution in [2.45, 2.75) is 30.0 Å². The summed E-state index contributed by atoms with van der Waals surface area (Å²) in [6.45, 7) is 2.65. The molecule has 0 aliphatic carbocycles. The van der Waals surface area contributed by atoms with Crippen LogP contribution in [0.4, 0.5) is 5.69 Å². The van der Waals surface area contributed by atoms with Crippen LogP contribution < -0.4 is 5.32 Å². The van der Waals surface area contributed by atoms with Gasteiger partial charge >= 0.3 is 11.9 Å². The van der Waals surface area contributed by atoms with E-state index in [0.717, 1.165) is 22.2 Å². The van der Waals surface area contributed by atoms with Gasteiger partial charge in [-0.1, -0.05) is 30.7 Å². The molecule has 1 aromatic heterocycles. The lowest BCUT2D eigenvalue weighted by Crippen LogP contribution is -2.09. The van der Waals surface area contributed by atoms with Crippen LogP contribution in [0.15, 0.2) is 72.1 Å². The number of benzene rings is 2. The molecule has 10 heteroatoms. The zero-order chi connectivity index (χ0) is 23.5. The maximum absolute atomic E-state index is 11.5. The van der Waals surface area contributed by atoms with Crippen LogP contribution in [0.3, 0.4) is 0 Å². The first-order valence-electron chi connectivity index (χ1n) is 9.52. The molecule has 3 rings (SSSR count). The Morgan fingerprint density at radius 3 is 2.19 bits per heavy atom. The topological polar surface area (TPSA) is 122 Å². The van der Waals surface area contributed by atoms with Crippen molar-refractivity contribution in [1.82, 2.24) is 9.55 Å². The molecule has 1 atom stereocenters. The normalized spacial score (nSPS) is 11.1. The van der Waals surface area contributed by atoms with Crippen molar-refractivity contribution in [2.24, 2.45) is 0 Å². The highest BCUT2D eigenvalue weighted by Gasteiger charge is 2.14. The third-order valence-electron chi connectivity index (χ3n) is 4.10. The third-order valence-corrected chi connectivity index (χ3v) is 5.60. The minimum absolute atomic E-state index is 0.0181. The number of carbonyl (C=O) groups is 3. The predicted octanol–water partition coefficient (Wildman–Crippen LogP) is 4.57. The van der Waals surface area contributed by atoms with Crippen molar-refractivity contribution in [3.05, 3.63) is 77.8 Å². The Morgan fingerprint density at radius 2 is 1.69 bits per heavy atom. The number of aliphatic carboxylic acids is 2. The predicted molar refractivity (Wildman–Crippen MR) is 123 cm³/mol. The van der Waals surface area contributed by atoms with Gasteiger partial charge in [-0.3, -0.25) is 4.79 Å². The first-order valence-corrected chi connectivity index (χ1v) is 10.8. The number of hydrogen-bond acceptors (Lipinski definition) is 5. The molecule has 1 heterocycles. The summed E-state index contributed by atoms with van der Waals surface area (Å²) < 4.78 is 2.07. The number of carboxylic acid groups (broad SMARTS) is 2. The van der Waals surface area contributed by atoms with E-state index >= 15 is 0 Å². The van der Waals surface area contributed by atoms with Gasteiger partial charge in [-0.2, -0.15) is 0 Å². The smallest absolute Gasteiger partial charge is 0.414 e. The van der Waals surface area contributed by atoms with E-state index in [4.69, 9.17) is 31.4 Å². The first kappa shape index (κ1) is 25.0. The van der Waals surface area contributed by atoms with E-state index in [-0.39, 0.29) is 11.2 Å².